The van der Waals surface area contributed by atoms with E-state index in [4.69, 9.17) is 9.47 Å². The zero-order valence-corrected chi connectivity index (χ0v) is 12.8. The summed E-state index contributed by atoms with van der Waals surface area (Å²) < 4.78 is 24.1. The lowest BCUT2D eigenvalue weighted by Gasteiger charge is -2.14. The Balaban J connectivity index is 2.17. The van der Waals surface area contributed by atoms with Crippen LogP contribution in [0.5, 0.6) is 11.5 Å². The molecule has 1 N–H and O–H groups in total. The molecule has 0 radical (unpaired) electrons. The van der Waals surface area contributed by atoms with Crippen molar-refractivity contribution in [2.45, 2.75) is 20.4 Å². The van der Waals surface area contributed by atoms with Gasteiger partial charge in [0.05, 0.1) is 14.2 Å². The summed E-state index contributed by atoms with van der Waals surface area (Å²) in [6, 6.07) is 9.06. The summed E-state index contributed by atoms with van der Waals surface area (Å²) in [5.41, 5.74) is 3.53. The highest BCUT2D eigenvalue weighted by molar-refractivity contribution is 5.60. The van der Waals surface area contributed by atoms with Crippen LogP contribution in [0.3, 0.4) is 0 Å². The van der Waals surface area contributed by atoms with Crippen LogP contribution in [0.2, 0.25) is 0 Å². The molecule has 0 aliphatic rings. The fourth-order valence-electron chi connectivity index (χ4n) is 2.11. The third-order valence-corrected chi connectivity index (χ3v) is 3.45. The van der Waals surface area contributed by atoms with Gasteiger partial charge in [0.1, 0.15) is 5.82 Å². The maximum atomic E-state index is 13.5. The van der Waals surface area contributed by atoms with Crippen LogP contribution in [-0.4, -0.2) is 14.2 Å². The number of hydrogen-bond donors (Lipinski definition) is 1. The van der Waals surface area contributed by atoms with Crippen LogP contribution in [0.25, 0.3) is 0 Å². The second kappa shape index (κ2) is 6.48. The highest BCUT2D eigenvalue weighted by Gasteiger charge is 2.08. The van der Waals surface area contributed by atoms with Crippen LogP contribution in [0.4, 0.5) is 10.1 Å². The van der Waals surface area contributed by atoms with Crippen molar-refractivity contribution in [3.8, 4) is 11.5 Å². The molecule has 0 aliphatic heterocycles. The molecule has 0 unspecified atom stereocenters. The van der Waals surface area contributed by atoms with Gasteiger partial charge >= 0.3 is 0 Å². The van der Waals surface area contributed by atoms with Crippen molar-refractivity contribution in [2.75, 3.05) is 19.5 Å². The molecule has 2 aromatic carbocycles. The van der Waals surface area contributed by atoms with Gasteiger partial charge in [-0.2, -0.15) is 0 Å². The summed E-state index contributed by atoms with van der Waals surface area (Å²) >= 11 is 0. The number of hydrogen-bond acceptors (Lipinski definition) is 3. The van der Waals surface area contributed by atoms with E-state index >= 15 is 0 Å². The van der Waals surface area contributed by atoms with Crippen LogP contribution >= 0.6 is 0 Å². The summed E-state index contributed by atoms with van der Waals surface area (Å²) in [4.78, 5) is 0. The van der Waals surface area contributed by atoms with Gasteiger partial charge in [0.15, 0.2) is 11.5 Å². The first-order valence-corrected chi connectivity index (χ1v) is 6.76. The Bertz CT molecular complexity index is 641. The molecule has 3 nitrogen and oxygen atoms in total. The molecule has 21 heavy (non-hydrogen) atoms. The largest absolute Gasteiger partial charge is 0.493 e. The maximum Gasteiger partial charge on any atom is 0.162 e. The number of anilines is 1. The number of ether oxygens (including phenoxy) is 2. The van der Waals surface area contributed by atoms with E-state index in [9.17, 15) is 4.39 Å². The van der Waals surface area contributed by atoms with Gasteiger partial charge in [0.2, 0.25) is 0 Å². The fourth-order valence-corrected chi connectivity index (χ4v) is 2.11. The van der Waals surface area contributed by atoms with Crippen molar-refractivity contribution in [3.63, 3.8) is 0 Å². The first-order chi connectivity index (χ1) is 10.0. The van der Waals surface area contributed by atoms with Gasteiger partial charge in [-0.15, -0.1) is 0 Å². The molecule has 0 fully saturated rings. The lowest BCUT2D eigenvalue weighted by atomic mass is 10.1. The summed E-state index contributed by atoms with van der Waals surface area (Å²) in [5, 5.41) is 3.30. The Hall–Kier alpha value is -2.23. The molecular formula is C17H20FNO2. The molecule has 0 heterocycles. The molecule has 0 aliphatic carbocycles. The summed E-state index contributed by atoms with van der Waals surface area (Å²) in [6.45, 7) is 4.29. The normalized spacial score (nSPS) is 10.3. The number of rotatable bonds is 5. The monoisotopic (exact) mass is 289 g/mol. The predicted octanol–water partition coefficient (Wildman–Crippen LogP) is 4.07. The van der Waals surface area contributed by atoms with Crippen molar-refractivity contribution in [1.29, 1.82) is 0 Å². The van der Waals surface area contributed by atoms with Crippen LogP contribution in [-0.2, 0) is 6.54 Å². The minimum absolute atomic E-state index is 0.182. The van der Waals surface area contributed by atoms with Gasteiger partial charge in [-0.3, -0.25) is 0 Å². The molecule has 2 rings (SSSR count). The Kier molecular flexibility index (Phi) is 4.68. The lowest BCUT2D eigenvalue weighted by molar-refractivity contribution is 0.355. The highest BCUT2D eigenvalue weighted by Crippen LogP contribution is 2.33. The minimum Gasteiger partial charge on any atom is -0.493 e. The summed E-state index contributed by atoms with van der Waals surface area (Å²) in [6.07, 6.45) is 0. The van der Waals surface area contributed by atoms with E-state index in [0.717, 1.165) is 16.8 Å². The molecule has 4 heteroatoms. The van der Waals surface area contributed by atoms with E-state index in [1.165, 1.54) is 0 Å². The quantitative estimate of drug-likeness (QED) is 0.900. The zero-order chi connectivity index (χ0) is 15.4. The number of halogens is 1. The summed E-state index contributed by atoms with van der Waals surface area (Å²) in [7, 11) is 3.21. The van der Waals surface area contributed by atoms with E-state index in [1.54, 1.807) is 33.3 Å². The van der Waals surface area contributed by atoms with E-state index in [2.05, 4.69) is 5.32 Å². The van der Waals surface area contributed by atoms with Gasteiger partial charge in [-0.05, 0) is 42.7 Å². The minimum atomic E-state index is -0.182. The molecule has 0 aromatic heterocycles. The maximum absolute atomic E-state index is 13.5. The summed E-state index contributed by atoms with van der Waals surface area (Å²) in [5.74, 6) is 1.18. The van der Waals surface area contributed by atoms with Crippen LogP contribution in [0, 0.1) is 19.7 Å². The molecule has 0 saturated carbocycles. The topological polar surface area (TPSA) is 30.5 Å². The number of benzene rings is 2. The predicted molar refractivity (Wildman–Crippen MR) is 82.7 cm³/mol. The zero-order valence-electron chi connectivity index (χ0n) is 12.8. The third kappa shape index (κ3) is 3.45. The Morgan fingerprint density at radius 3 is 2.24 bits per heavy atom. The van der Waals surface area contributed by atoms with Crippen LogP contribution in [0.15, 0.2) is 30.3 Å². The Labute approximate surface area is 124 Å². The average molecular weight is 289 g/mol. The standard InChI is InChI=1S/C17H20FNO2/c1-11-5-6-13(8-14(11)18)10-19-15-9-17(21-4)16(20-3)7-12(15)2/h5-9,19H,10H2,1-4H3. The van der Waals surface area contributed by atoms with Crippen molar-refractivity contribution in [1.82, 2.24) is 0 Å². The van der Waals surface area contributed by atoms with Gasteiger partial charge in [-0.25, -0.2) is 4.39 Å². The van der Waals surface area contributed by atoms with Crippen molar-refractivity contribution < 1.29 is 13.9 Å². The molecule has 2 aromatic rings. The van der Waals surface area contributed by atoms with Gasteiger partial charge in [0, 0.05) is 18.3 Å². The molecule has 0 spiro atoms. The van der Waals surface area contributed by atoms with E-state index in [0.29, 0.717) is 23.6 Å². The average Bonchev–Trinajstić information content (AvgIpc) is 2.49. The molecule has 0 atom stereocenters. The van der Waals surface area contributed by atoms with E-state index in [1.807, 2.05) is 25.1 Å². The van der Waals surface area contributed by atoms with Crippen molar-refractivity contribution in [3.05, 3.63) is 52.8 Å². The smallest absolute Gasteiger partial charge is 0.162 e. The fraction of sp³-hybridized carbons (Fsp3) is 0.294. The lowest BCUT2D eigenvalue weighted by Crippen LogP contribution is -2.03. The van der Waals surface area contributed by atoms with Crippen molar-refractivity contribution >= 4 is 5.69 Å². The highest BCUT2D eigenvalue weighted by atomic mass is 19.1. The molecular weight excluding hydrogens is 269 g/mol. The first kappa shape index (κ1) is 15.2. The van der Waals surface area contributed by atoms with Crippen LogP contribution < -0.4 is 14.8 Å². The molecule has 0 saturated heterocycles. The van der Waals surface area contributed by atoms with Gasteiger partial charge in [-0.1, -0.05) is 12.1 Å². The molecule has 0 bridgehead atoms. The molecule has 0 amide bonds. The Morgan fingerprint density at radius 1 is 0.952 bits per heavy atom. The number of nitrogens with one attached hydrogen (secondary N) is 1. The second-order valence-electron chi connectivity index (χ2n) is 4.96. The SMILES string of the molecule is COc1cc(C)c(NCc2ccc(C)c(F)c2)cc1OC. The van der Waals surface area contributed by atoms with Crippen molar-refractivity contribution in [2.24, 2.45) is 0 Å². The third-order valence-electron chi connectivity index (χ3n) is 3.45. The molecule has 112 valence electrons. The van der Waals surface area contributed by atoms with E-state index < -0.39 is 0 Å². The Morgan fingerprint density at radius 2 is 1.62 bits per heavy atom. The van der Waals surface area contributed by atoms with Crippen LogP contribution in [0.1, 0.15) is 16.7 Å². The number of aryl methyl sites for hydroxylation is 2. The van der Waals surface area contributed by atoms with Gasteiger partial charge < -0.3 is 14.8 Å². The first-order valence-electron chi connectivity index (χ1n) is 6.76. The second-order valence-corrected chi connectivity index (χ2v) is 4.96. The van der Waals surface area contributed by atoms with E-state index in [-0.39, 0.29) is 5.82 Å². The number of methoxy groups -OCH3 is 2. The van der Waals surface area contributed by atoms with Gasteiger partial charge in [0.25, 0.3) is 0 Å².